The predicted octanol–water partition coefficient (Wildman–Crippen LogP) is 2.23. The first kappa shape index (κ1) is 17.0. The molecule has 0 aliphatic rings. The number of aromatic hydroxyl groups is 1. The fourth-order valence-corrected chi connectivity index (χ4v) is 1.71. The molecule has 0 aliphatic carbocycles. The monoisotopic (exact) mass is 275 g/mol. The van der Waals surface area contributed by atoms with Crippen molar-refractivity contribution in [2.75, 3.05) is 7.11 Å². The van der Waals surface area contributed by atoms with Crippen molar-refractivity contribution in [1.82, 2.24) is 0 Å². The molecule has 1 rings (SSSR count). The zero-order valence-electron chi connectivity index (χ0n) is 11.0. The predicted molar refractivity (Wildman–Crippen MR) is 74.3 cm³/mol. The lowest BCUT2D eigenvalue weighted by Gasteiger charge is -2.24. The number of aliphatic hydroxyl groups is 1. The van der Waals surface area contributed by atoms with Crippen LogP contribution in [0.25, 0.3) is 0 Å². The molecule has 0 aliphatic heterocycles. The summed E-state index contributed by atoms with van der Waals surface area (Å²) < 4.78 is 5.00. The smallest absolute Gasteiger partial charge is 0.124 e. The van der Waals surface area contributed by atoms with Gasteiger partial charge in [-0.25, -0.2) is 0 Å². The molecule has 0 bridgehead atoms. The minimum atomic E-state index is -0.667. The maximum absolute atomic E-state index is 10.0. The highest BCUT2D eigenvalue weighted by atomic mass is 35.5. The third-order valence-electron chi connectivity index (χ3n) is 3.19. The first-order valence-electron chi connectivity index (χ1n) is 5.81. The zero-order valence-corrected chi connectivity index (χ0v) is 11.8. The third kappa shape index (κ3) is 3.77. The van der Waals surface area contributed by atoms with Crippen LogP contribution in [0.1, 0.15) is 31.9 Å². The number of aliphatic hydroxyl groups excluding tert-OH is 1. The highest BCUT2D eigenvalue weighted by molar-refractivity contribution is 5.85. The molecule has 0 saturated heterocycles. The Hall–Kier alpha value is -0.970. The van der Waals surface area contributed by atoms with Gasteiger partial charge < -0.3 is 20.7 Å². The normalized spacial score (nSPS) is 15.4. The van der Waals surface area contributed by atoms with Crippen LogP contribution in [0, 0.1) is 5.92 Å². The summed E-state index contributed by atoms with van der Waals surface area (Å²) in [5, 5.41) is 19.8. The Morgan fingerprint density at radius 3 is 2.44 bits per heavy atom. The number of methoxy groups -OCH3 is 1. The summed E-state index contributed by atoms with van der Waals surface area (Å²) in [6, 6.07) is 4.32. The number of phenols is 1. The van der Waals surface area contributed by atoms with Crippen LogP contribution in [0.4, 0.5) is 0 Å². The van der Waals surface area contributed by atoms with Gasteiger partial charge in [0.2, 0.25) is 0 Å². The number of nitrogens with two attached hydrogens (primary N) is 1. The molecule has 0 spiro atoms. The number of phenolic OH excluding ortho intramolecular Hbond substituents is 1. The molecule has 1 aromatic rings. The molecule has 0 amide bonds. The van der Waals surface area contributed by atoms with Crippen LogP contribution >= 0.6 is 12.4 Å². The number of hydrogen-bond donors (Lipinski definition) is 3. The number of benzene rings is 1. The van der Waals surface area contributed by atoms with Gasteiger partial charge in [-0.2, -0.15) is 0 Å². The minimum absolute atomic E-state index is 0. The van der Waals surface area contributed by atoms with Gasteiger partial charge in [-0.3, -0.25) is 0 Å². The average Bonchev–Trinajstić information content (AvgIpc) is 2.35. The van der Waals surface area contributed by atoms with Gasteiger partial charge in [-0.15, -0.1) is 12.4 Å². The van der Waals surface area contributed by atoms with E-state index in [1.807, 2.05) is 13.8 Å². The van der Waals surface area contributed by atoms with Crippen LogP contribution in [0.5, 0.6) is 11.5 Å². The first-order chi connectivity index (χ1) is 8.01. The molecule has 0 heterocycles. The van der Waals surface area contributed by atoms with Crippen molar-refractivity contribution in [3.05, 3.63) is 23.8 Å². The van der Waals surface area contributed by atoms with Crippen molar-refractivity contribution < 1.29 is 14.9 Å². The molecule has 4 nitrogen and oxygen atoms in total. The summed E-state index contributed by atoms with van der Waals surface area (Å²) >= 11 is 0. The van der Waals surface area contributed by atoms with Crippen LogP contribution < -0.4 is 10.5 Å². The van der Waals surface area contributed by atoms with Crippen LogP contribution in [0.15, 0.2) is 18.2 Å². The van der Waals surface area contributed by atoms with E-state index in [0.717, 1.165) is 6.42 Å². The van der Waals surface area contributed by atoms with E-state index in [2.05, 4.69) is 0 Å². The lowest BCUT2D eigenvalue weighted by molar-refractivity contribution is 0.0871. The number of hydrogen-bond acceptors (Lipinski definition) is 4. The van der Waals surface area contributed by atoms with Gasteiger partial charge in [0, 0.05) is 11.6 Å². The van der Waals surface area contributed by atoms with Crippen LogP contribution in [-0.2, 0) is 0 Å². The largest absolute Gasteiger partial charge is 0.507 e. The Kier molecular flexibility index (Phi) is 7.06. The van der Waals surface area contributed by atoms with E-state index < -0.39 is 12.1 Å². The van der Waals surface area contributed by atoms with Crippen molar-refractivity contribution in [3.63, 3.8) is 0 Å². The molecule has 104 valence electrons. The maximum Gasteiger partial charge on any atom is 0.124 e. The maximum atomic E-state index is 10.0. The van der Waals surface area contributed by atoms with E-state index >= 15 is 0 Å². The van der Waals surface area contributed by atoms with Gasteiger partial charge in [0.05, 0.1) is 19.3 Å². The molecule has 0 radical (unpaired) electrons. The molecule has 5 heteroatoms. The van der Waals surface area contributed by atoms with E-state index in [4.69, 9.17) is 10.5 Å². The van der Waals surface area contributed by atoms with Crippen molar-refractivity contribution >= 4 is 12.4 Å². The molecule has 1 unspecified atom stereocenters. The highest BCUT2D eigenvalue weighted by Gasteiger charge is 2.24. The van der Waals surface area contributed by atoms with E-state index in [1.165, 1.54) is 13.2 Å². The summed E-state index contributed by atoms with van der Waals surface area (Å²) in [5.41, 5.74) is 6.50. The molecule has 3 atom stereocenters. The molecule has 4 N–H and O–H groups in total. The third-order valence-corrected chi connectivity index (χ3v) is 3.19. The Labute approximate surface area is 114 Å². The minimum Gasteiger partial charge on any atom is -0.507 e. The lowest BCUT2D eigenvalue weighted by atomic mass is 9.91. The second kappa shape index (κ2) is 7.46. The number of ether oxygens (including phenoxy) is 1. The summed E-state index contributed by atoms with van der Waals surface area (Å²) in [5.74, 6) is 0.710. The van der Waals surface area contributed by atoms with Crippen LogP contribution in [0.2, 0.25) is 0 Å². The topological polar surface area (TPSA) is 75.7 Å². The number of rotatable bonds is 5. The Morgan fingerprint density at radius 1 is 1.39 bits per heavy atom. The fourth-order valence-electron chi connectivity index (χ4n) is 1.71. The van der Waals surface area contributed by atoms with E-state index in [9.17, 15) is 10.2 Å². The summed E-state index contributed by atoms with van der Waals surface area (Å²) in [6.45, 7) is 3.93. The quantitative estimate of drug-likeness (QED) is 0.770. The second-order valence-corrected chi connectivity index (χ2v) is 4.33. The van der Waals surface area contributed by atoms with Gasteiger partial charge >= 0.3 is 0 Å². The van der Waals surface area contributed by atoms with Crippen molar-refractivity contribution in [1.29, 1.82) is 0 Å². The molecule has 1 aromatic carbocycles. The highest BCUT2D eigenvalue weighted by Crippen LogP contribution is 2.31. The van der Waals surface area contributed by atoms with Gasteiger partial charge in [0.25, 0.3) is 0 Å². The van der Waals surface area contributed by atoms with E-state index in [0.29, 0.717) is 11.3 Å². The Balaban J connectivity index is 0.00000289. The summed E-state index contributed by atoms with van der Waals surface area (Å²) in [4.78, 5) is 0. The van der Waals surface area contributed by atoms with E-state index in [-0.39, 0.29) is 24.1 Å². The standard InChI is InChI=1S/C13H21NO3.ClH/c1-4-8(2)13(16)12(14)10-6-5-9(17-3)7-11(10)15;/h5-8,12-13,15-16H,4,14H2,1-3H3;1H/t8?,12-,13+;/m0./s1. The van der Waals surface area contributed by atoms with Gasteiger partial charge in [-0.05, 0) is 18.1 Å². The van der Waals surface area contributed by atoms with Crippen molar-refractivity contribution in [2.24, 2.45) is 11.7 Å². The molecular weight excluding hydrogens is 254 g/mol. The molecule has 0 fully saturated rings. The summed E-state index contributed by atoms with van der Waals surface area (Å²) in [6.07, 6.45) is 0.172. The van der Waals surface area contributed by atoms with Gasteiger partial charge in [0.15, 0.2) is 0 Å². The van der Waals surface area contributed by atoms with Crippen LogP contribution in [-0.4, -0.2) is 23.4 Å². The average molecular weight is 276 g/mol. The van der Waals surface area contributed by atoms with E-state index in [1.54, 1.807) is 12.1 Å². The molecule has 0 saturated carbocycles. The van der Waals surface area contributed by atoms with Gasteiger partial charge in [0.1, 0.15) is 11.5 Å². The Morgan fingerprint density at radius 2 is 2.00 bits per heavy atom. The van der Waals surface area contributed by atoms with Crippen molar-refractivity contribution in [2.45, 2.75) is 32.4 Å². The zero-order chi connectivity index (χ0) is 13.0. The number of halogens is 1. The van der Waals surface area contributed by atoms with Crippen molar-refractivity contribution in [3.8, 4) is 11.5 Å². The SMILES string of the molecule is CCC(C)[C@@H](O)[C@@H](N)c1ccc(OC)cc1O.Cl. The van der Waals surface area contributed by atoms with Gasteiger partial charge in [-0.1, -0.05) is 20.3 Å². The first-order valence-corrected chi connectivity index (χ1v) is 5.81. The van der Waals surface area contributed by atoms with Crippen LogP contribution in [0.3, 0.4) is 0 Å². The fraction of sp³-hybridized carbons (Fsp3) is 0.538. The lowest BCUT2D eigenvalue weighted by Crippen LogP contribution is -2.31. The Bertz CT molecular complexity index is 373. The molecular formula is C13H22ClNO3. The molecule has 18 heavy (non-hydrogen) atoms. The summed E-state index contributed by atoms with van der Waals surface area (Å²) in [7, 11) is 1.53. The molecule has 0 aromatic heterocycles. The second-order valence-electron chi connectivity index (χ2n) is 4.33.